The van der Waals surface area contributed by atoms with E-state index in [1.54, 1.807) is 0 Å². The summed E-state index contributed by atoms with van der Waals surface area (Å²) >= 11 is 5.56. The molecule has 0 radical (unpaired) electrons. The SMILES string of the molecule is S=C(Nc1ccccc1)N1CCCc2ccccc2C1. The van der Waals surface area contributed by atoms with Crippen molar-refractivity contribution >= 4 is 23.0 Å². The topological polar surface area (TPSA) is 15.3 Å². The Morgan fingerprint density at radius 1 is 0.950 bits per heavy atom. The molecule has 0 spiro atoms. The van der Waals surface area contributed by atoms with Crippen LogP contribution in [0, 0.1) is 0 Å². The Hall–Kier alpha value is -1.87. The fourth-order valence-corrected chi connectivity index (χ4v) is 2.87. The van der Waals surface area contributed by atoms with Crippen LogP contribution in [0.1, 0.15) is 17.5 Å². The van der Waals surface area contributed by atoms with Crippen molar-refractivity contribution in [3.8, 4) is 0 Å². The lowest BCUT2D eigenvalue weighted by Crippen LogP contribution is -2.34. The molecule has 0 amide bonds. The molecular formula is C17H18N2S. The summed E-state index contributed by atoms with van der Waals surface area (Å²) in [5.41, 5.74) is 3.90. The number of rotatable bonds is 1. The zero-order valence-corrected chi connectivity index (χ0v) is 12.2. The predicted octanol–water partition coefficient (Wildman–Crippen LogP) is 3.83. The van der Waals surface area contributed by atoms with Gasteiger partial charge in [-0.05, 0) is 48.3 Å². The number of nitrogens with zero attached hydrogens (tertiary/aromatic N) is 1. The monoisotopic (exact) mass is 282 g/mol. The molecular weight excluding hydrogens is 264 g/mol. The normalized spacial score (nSPS) is 14.3. The highest BCUT2D eigenvalue weighted by molar-refractivity contribution is 7.80. The molecule has 1 aliphatic rings. The van der Waals surface area contributed by atoms with E-state index in [1.807, 2.05) is 30.3 Å². The average Bonchev–Trinajstić information content (AvgIpc) is 2.70. The minimum Gasteiger partial charge on any atom is -0.345 e. The van der Waals surface area contributed by atoms with Gasteiger partial charge in [-0.15, -0.1) is 0 Å². The first-order valence-electron chi connectivity index (χ1n) is 7.01. The predicted molar refractivity (Wildman–Crippen MR) is 87.8 cm³/mol. The van der Waals surface area contributed by atoms with Crippen LogP contribution in [0.2, 0.25) is 0 Å². The Morgan fingerprint density at radius 3 is 2.45 bits per heavy atom. The lowest BCUT2D eigenvalue weighted by molar-refractivity contribution is 0.424. The van der Waals surface area contributed by atoms with Crippen molar-refractivity contribution in [1.82, 2.24) is 4.90 Å². The number of hydrogen-bond acceptors (Lipinski definition) is 1. The van der Waals surface area contributed by atoms with Gasteiger partial charge < -0.3 is 10.2 Å². The molecule has 1 aliphatic heterocycles. The molecule has 20 heavy (non-hydrogen) atoms. The first-order valence-corrected chi connectivity index (χ1v) is 7.41. The fraction of sp³-hybridized carbons (Fsp3) is 0.235. The number of anilines is 1. The zero-order valence-electron chi connectivity index (χ0n) is 11.4. The molecule has 0 atom stereocenters. The second-order valence-corrected chi connectivity index (χ2v) is 5.48. The maximum absolute atomic E-state index is 5.56. The molecule has 2 aromatic rings. The molecule has 2 aromatic carbocycles. The molecule has 1 heterocycles. The standard InChI is InChI=1S/C17H18N2S/c20-17(18-16-10-2-1-3-11-16)19-12-6-9-14-7-4-5-8-15(14)13-19/h1-5,7-8,10-11H,6,9,12-13H2,(H,18,20). The van der Waals surface area contributed by atoms with Gasteiger partial charge in [0.2, 0.25) is 0 Å². The number of benzene rings is 2. The summed E-state index contributed by atoms with van der Waals surface area (Å²) in [6, 6.07) is 18.8. The van der Waals surface area contributed by atoms with Crippen molar-refractivity contribution in [2.24, 2.45) is 0 Å². The number of para-hydroxylation sites is 1. The minimum absolute atomic E-state index is 0.813. The Morgan fingerprint density at radius 2 is 1.65 bits per heavy atom. The quantitative estimate of drug-likeness (QED) is 0.800. The van der Waals surface area contributed by atoms with Crippen molar-refractivity contribution in [2.45, 2.75) is 19.4 Å². The molecule has 1 N–H and O–H groups in total. The van der Waals surface area contributed by atoms with E-state index in [-0.39, 0.29) is 0 Å². The first-order chi connectivity index (χ1) is 9.83. The summed E-state index contributed by atoms with van der Waals surface area (Å²) in [5.74, 6) is 0. The van der Waals surface area contributed by atoms with Crippen LogP contribution in [-0.2, 0) is 13.0 Å². The number of aryl methyl sites for hydroxylation is 1. The van der Waals surface area contributed by atoms with Gasteiger partial charge in [-0.3, -0.25) is 0 Å². The summed E-state index contributed by atoms with van der Waals surface area (Å²) in [6.45, 7) is 1.90. The van der Waals surface area contributed by atoms with Gasteiger partial charge in [0.25, 0.3) is 0 Å². The van der Waals surface area contributed by atoms with Crippen molar-refractivity contribution in [2.75, 3.05) is 11.9 Å². The lowest BCUT2D eigenvalue weighted by atomic mass is 10.0. The third kappa shape index (κ3) is 2.99. The molecule has 0 aromatic heterocycles. The van der Waals surface area contributed by atoms with Crippen LogP contribution in [-0.4, -0.2) is 16.6 Å². The molecule has 0 bridgehead atoms. The van der Waals surface area contributed by atoms with Crippen molar-refractivity contribution in [3.05, 3.63) is 65.7 Å². The van der Waals surface area contributed by atoms with Crippen LogP contribution in [0.25, 0.3) is 0 Å². The molecule has 0 fully saturated rings. The summed E-state index contributed by atoms with van der Waals surface area (Å²) in [7, 11) is 0. The second kappa shape index (κ2) is 6.06. The van der Waals surface area contributed by atoms with Crippen LogP contribution < -0.4 is 5.32 Å². The first kappa shape index (κ1) is 13.1. The smallest absolute Gasteiger partial charge is 0.173 e. The summed E-state index contributed by atoms with van der Waals surface area (Å²) in [6.07, 6.45) is 2.29. The minimum atomic E-state index is 0.813. The molecule has 0 aliphatic carbocycles. The van der Waals surface area contributed by atoms with E-state index in [2.05, 4.69) is 34.5 Å². The molecule has 0 saturated heterocycles. The molecule has 0 unspecified atom stereocenters. The van der Waals surface area contributed by atoms with E-state index in [9.17, 15) is 0 Å². The Kier molecular flexibility index (Phi) is 3.97. The third-order valence-corrected chi connectivity index (χ3v) is 4.03. The second-order valence-electron chi connectivity index (χ2n) is 5.09. The molecule has 2 nitrogen and oxygen atoms in total. The van der Waals surface area contributed by atoms with Crippen molar-refractivity contribution in [3.63, 3.8) is 0 Å². The molecule has 102 valence electrons. The highest BCUT2D eigenvalue weighted by atomic mass is 32.1. The number of fused-ring (bicyclic) bond motifs is 1. The van der Waals surface area contributed by atoms with E-state index in [4.69, 9.17) is 12.2 Å². The fourth-order valence-electron chi connectivity index (χ4n) is 2.60. The van der Waals surface area contributed by atoms with Gasteiger partial charge in [-0.1, -0.05) is 42.5 Å². The maximum atomic E-state index is 5.56. The van der Waals surface area contributed by atoms with E-state index in [0.29, 0.717) is 0 Å². The van der Waals surface area contributed by atoms with Gasteiger partial charge in [0, 0.05) is 18.8 Å². The van der Waals surface area contributed by atoms with Gasteiger partial charge >= 0.3 is 0 Å². The van der Waals surface area contributed by atoms with E-state index >= 15 is 0 Å². The van der Waals surface area contributed by atoms with Gasteiger partial charge in [-0.25, -0.2) is 0 Å². The van der Waals surface area contributed by atoms with E-state index in [0.717, 1.165) is 36.7 Å². The molecule has 3 heteroatoms. The van der Waals surface area contributed by atoms with Gasteiger partial charge in [-0.2, -0.15) is 0 Å². The van der Waals surface area contributed by atoms with Crippen LogP contribution in [0.4, 0.5) is 5.69 Å². The highest BCUT2D eigenvalue weighted by Gasteiger charge is 2.16. The Labute approximate surface area is 125 Å². The van der Waals surface area contributed by atoms with Crippen molar-refractivity contribution < 1.29 is 0 Å². The molecule has 3 rings (SSSR count). The van der Waals surface area contributed by atoms with Gasteiger partial charge in [0.15, 0.2) is 5.11 Å². The lowest BCUT2D eigenvalue weighted by Gasteiger charge is -2.24. The van der Waals surface area contributed by atoms with Gasteiger partial charge in [0.1, 0.15) is 0 Å². The summed E-state index contributed by atoms with van der Waals surface area (Å²) in [5, 5.41) is 4.14. The van der Waals surface area contributed by atoms with E-state index in [1.165, 1.54) is 11.1 Å². The van der Waals surface area contributed by atoms with Crippen LogP contribution in [0.15, 0.2) is 54.6 Å². The summed E-state index contributed by atoms with van der Waals surface area (Å²) < 4.78 is 0. The third-order valence-electron chi connectivity index (χ3n) is 3.67. The number of hydrogen-bond donors (Lipinski definition) is 1. The van der Waals surface area contributed by atoms with Crippen LogP contribution >= 0.6 is 12.2 Å². The number of thiocarbonyl (C=S) groups is 1. The largest absolute Gasteiger partial charge is 0.345 e. The number of nitrogens with one attached hydrogen (secondary N) is 1. The maximum Gasteiger partial charge on any atom is 0.173 e. The van der Waals surface area contributed by atoms with E-state index < -0.39 is 0 Å². The highest BCUT2D eigenvalue weighted by Crippen LogP contribution is 2.19. The Balaban J connectivity index is 1.73. The van der Waals surface area contributed by atoms with Crippen molar-refractivity contribution in [1.29, 1.82) is 0 Å². The average molecular weight is 282 g/mol. The van der Waals surface area contributed by atoms with Gasteiger partial charge in [0.05, 0.1) is 0 Å². The Bertz CT molecular complexity index is 595. The zero-order chi connectivity index (χ0) is 13.8. The molecule has 0 saturated carbocycles. The summed E-state index contributed by atoms with van der Waals surface area (Å²) in [4.78, 5) is 2.26. The van der Waals surface area contributed by atoms with Crippen LogP contribution in [0.5, 0.6) is 0 Å². The van der Waals surface area contributed by atoms with Crippen LogP contribution in [0.3, 0.4) is 0 Å².